The summed E-state index contributed by atoms with van der Waals surface area (Å²) in [6.45, 7) is 0.957. The van der Waals surface area contributed by atoms with Gasteiger partial charge in [-0.1, -0.05) is 18.2 Å². The van der Waals surface area contributed by atoms with Crippen LogP contribution in [0.2, 0.25) is 0 Å². The predicted molar refractivity (Wildman–Crippen MR) is 100 cm³/mol. The predicted octanol–water partition coefficient (Wildman–Crippen LogP) is 2.17. The highest BCUT2D eigenvalue weighted by Crippen LogP contribution is 2.23. The molecule has 0 radical (unpaired) electrons. The van der Waals surface area contributed by atoms with Crippen molar-refractivity contribution in [2.75, 3.05) is 13.1 Å². The molecule has 0 saturated heterocycles. The minimum Gasteiger partial charge on any atom is -0.348 e. The summed E-state index contributed by atoms with van der Waals surface area (Å²) in [7, 11) is 0. The summed E-state index contributed by atoms with van der Waals surface area (Å²) in [4.78, 5) is 19.6. The van der Waals surface area contributed by atoms with Crippen LogP contribution in [-0.4, -0.2) is 35.0 Å². The minimum absolute atomic E-state index is 0.128. The Morgan fingerprint density at radius 2 is 1.92 bits per heavy atom. The average Bonchev–Trinajstić information content (AvgIpc) is 3.08. The Bertz CT molecular complexity index is 891. The van der Waals surface area contributed by atoms with Gasteiger partial charge in [0.1, 0.15) is 5.82 Å². The van der Waals surface area contributed by atoms with Crippen LogP contribution in [0.3, 0.4) is 0 Å². The number of aromatic nitrogens is 2. The van der Waals surface area contributed by atoms with Crippen LogP contribution in [-0.2, 0) is 0 Å². The van der Waals surface area contributed by atoms with Gasteiger partial charge in [-0.15, -0.1) is 0 Å². The number of nitrogens with zero attached hydrogens (tertiary/aromatic N) is 1. The number of fused-ring (bicyclic) bond motifs is 1. The molecule has 7 heteroatoms. The van der Waals surface area contributed by atoms with Gasteiger partial charge in [-0.25, -0.2) is 9.37 Å². The van der Waals surface area contributed by atoms with E-state index < -0.39 is 0 Å². The van der Waals surface area contributed by atoms with Crippen LogP contribution in [0.1, 0.15) is 23.5 Å². The van der Waals surface area contributed by atoms with Gasteiger partial charge >= 0.3 is 0 Å². The lowest BCUT2D eigenvalue weighted by atomic mass is 10.1. The smallest absolute Gasteiger partial charge is 0.287 e. The molecule has 26 heavy (non-hydrogen) atoms. The van der Waals surface area contributed by atoms with Crippen molar-refractivity contribution >= 4 is 16.9 Å². The van der Waals surface area contributed by atoms with Crippen molar-refractivity contribution in [3.05, 3.63) is 54.1 Å². The molecule has 1 amide bonds. The van der Waals surface area contributed by atoms with Gasteiger partial charge < -0.3 is 21.8 Å². The number of halogens is 1. The molecular formula is C19H22FN5O. The second kappa shape index (κ2) is 8.07. The molecule has 0 spiro atoms. The molecule has 3 rings (SSSR count). The van der Waals surface area contributed by atoms with Crippen molar-refractivity contribution in [2.45, 2.75) is 18.9 Å². The first-order valence-electron chi connectivity index (χ1n) is 8.56. The molecule has 0 fully saturated rings. The number of carbonyl (C=O) groups excluding carboxylic acids is 1. The molecule has 0 aliphatic heterocycles. The molecule has 0 unspecified atom stereocenters. The van der Waals surface area contributed by atoms with Gasteiger partial charge in [0.25, 0.3) is 5.91 Å². The van der Waals surface area contributed by atoms with Gasteiger partial charge in [-0.3, -0.25) is 4.79 Å². The molecule has 1 aromatic heterocycles. The zero-order valence-electron chi connectivity index (χ0n) is 14.3. The van der Waals surface area contributed by atoms with Crippen molar-refractivity contribution < 1.29 is 9.18 Å². The Balaban J connectivity index is 1.72. The molecule has 2 aromatic carbocycles. The van der Waals surface area contributed by atoms with Crippen LogP contribution in [0, 0.1) is 5.82 Å². The topological polar surface area (TPSA) is 110 Å². The first-order chi connectivity index (χ1) is 12.6. The Kier molecular flexibility index (Phi) is 5.60. The summed E-state index contributed by atoms with van der Waals surface area (Å²) in [5, 5.41) is 2.78. The number of rotatable bonds is 7. The van der Waals surface area contributed by atoms with E-state index in [1.807, 2.05) is 18.2 Å². The summed E-state index contributed by atoms with van der Waals surface area (Å²) < 4.78 is 13.1. The van der Waals surface area contributed by atoms with Gasteiger partial charge in [0, 0.05) is 12.6 Å². The number of imidazole rings is 1. The molecule has 0 bridgehead atoms. The van der Waals surface area contributed by atoms with Crippen molar-refractivity contribution in [3.8, 4) is 11.1 Å². The van der Waals surface area contributed by atoms with Crippen LogP contribution in [0.15, 0.2) is 42.5 Å². The fraction of sp³-hybridized carbons (Fsp3) is 0.263. The van der Waals surface area contributed by atoms with E-state index in [2.05, 4.69) is 15.3 Å². The van der Waals surface area contributed by atoms with Crippen molar-refractivity contribution in [2.24, 2.45) is 11.5 Å². The van der Waals surface area contributed by atoms with E-state index in [9.17, 15) is 9.18 Å². The van der Waals surface area contributed by atoms with Gasteiger partial charge in [-0.2, -0.15) is 0 Å². The summed E-state index contributed by atoms with van der Waals surface area (Å²) in [6, 6.07) is 11.7. The Morgan fingerprint density at radius 1 is 1.19 bits per heavy atom. The molecular weight excluding hydrogens is 333 g/mol. The number of hydrogen-bond acceptors (Lipinski definition) is 4. The van der Waals surface area contributed by atoms with Crippen LogP contribution in [0.4, 0.5) is 4.39 Å². The van der Waals surface area contributed by atoms with E-state index in [4.69, 9.17) is 11.5 Å². The maximum atomic E-state index is 13.1. The molecule has 1 atom stereocenters. The molecule has 0 aliphatic rings. The third-order valence-corrected chi connectivity index (χ3v) is 4.18. The van der Waals surface area contributed by atoms with E-state index in [0.717, 1.165) is 29.5 Å². The van der Waals surface area contributed by atoms with Crippen molar-refractivity contribution in [1.82, 2.24) is 15.3 Å². The summed E-state index contributed by atoms with van der Waals surface area (Å²) >= 11 is 0. The zero-order chi connectivity index (χ0) is 18.5. The summed E-state index contributed by atoms with van der Waals surface area (Å²) in [6.07, 6.45) is 1.59. The standard InChI is InChI=1S/C19H22FN5O/c20-14-6-3-12(4-7-14)13-5-8-16-17(10-13)25-18(24-16)19(26)23-11-15(22)2-1-9-21/h3-8,10,15H,1-2,9,11,21-22H2,(H,23,26)(H,24,25)/t15-/m0/s1. The lowest BCUT2D eigenvalue weighted by Crippen LogP contribution is -2.37. The fourth-order valence-electron chi connectivity index (χ4n) is 2.72. The van der Waals surface area contributed by atoms with Gasteiger partial charge in [-0.05, 0) is 54.8 Å². The molecule has 0 aliphatic carbocycles. The molecule has 136 valence electrons. The number of nitrogens with one attached hydrogen (secondary N) is 2. The molecule has 6 N–H and O–H groups in total. The van der Waals surface area contributed by atoms with Crippen LogP contribution in [0.25, 0.3) is 22.2 Å². The summed E-state index contributed by atoms with van der Waals surface area (Å²) in [5.74, 6) is -0.340. The van der Waals surface area contributed by atoms with E-state index in [1.54, 1.807) is 12.1 Å². The highest BCUT2D eigenvalue weighted by atomic mass is 19.1. The third kappa shape index (κ3) is 4.25. The van der Waals surface area contributed by atoms with Crippen molar-refractivity contribution in [3.63, 3.8) is 0 Å². The zero-order valence-corrected chi connectivity index (χ0v) is 14.3. The largest absolute Gasteiger partial charge is 0.348 e. The highest BCUT2D eigenvalue weighted by Gasteiger charge is 2.13. The van der Waals surface area contributed by atoms with Gasteiger partial charge in [0.2, 0.25) is 0 Å². The molecule has 1 heterocycles. The molecule has 0 saturated carbocycles. The Morgan fingerprint density at radius 3 is 2.65 bits per heavy atom. The van der Waals surface area contributed by atoms with Gasteiger partial charge in [0.15, 0.2) is 5.82 Å². The second-order valence-electron chi connectivity index (χ2n) is 6.23. The van der Waals surface area contributed by atoms with Crippen LogP contribution >= 0.6 is 0 Å². The minimum atomic E-state index is -0.298. The number of amides is 1. The maximum absolute atomic E-state index is 13.1. The van der Waals surface area contributed by atoms with Crippen LogP contribution in [0.5, 0.6) is 0 Å². The van der Waals surface area contributed by atoms with E-state index >= 15 is 0 Å². The maximum Gasteiger partial charge on any atom is 0.287 e. The quantitative estimate of drug-likeness (QED) is 0.520. The van der Waals surface area contributed by atoms with Gasteiger partial charge in [0.05, 0.1) is 11.0 Å². The number of aromatic amines is 1. The fourth-order valence-corrected chi connectivity index (χ4v) is 2.72. The average molecular weight is 355 g/mol. The lowest BCUT2D eigenvalue weighted by molar-refractivity contribution is 0.0941. The van der Waals surface area contributed by atoms with Crippen molar-refractivity contribution in [1.29, 1.82) is 0 Å². The molecule has 6 nitrogen and oxygen atoms in total. The first-order valence-corrected chi connectivity index (χ1v) is 8.56. The Hall–Kier alpha value is -2.77. The number of carbonyl (C=O) groups is 1. The van der Waals surface area contributed by atoms with E-state index in [1.165, 1.54) is 12.1 Å². The highest BCUT2D eigenvalue weighted by molar-refractivity contribution is 5.94. The lowest BCUT2D eigenvalue weighted by Gasteiger charge is -2.11. The molecule has 3 aromatic rings. The number of hydrogen-bond donors (Lipinski definition) is 4. The van der Waals surface area contributed by atoms with E-state index in [0.29, 0.717) is 18.6 Å². The SMILES string of the molecule is NCCC[C@H](N)CNC(=O)c1nc2cc(-c3ccc(F)cc3)ccc2[nH]1. The normalized spacial score (nSPS) is 12.3. The Labute approximate surface area is 150 Å². The number of H-pyrrole nitrogens is 1. The monoisotopic (exact) mass is 355 g/mol. The number of benzene rings is 2. The van der Waals surface area contributed by atoms with Crippen LogP contribution < -0.4 is 16.8 Å². The second-order valence-corrected chi connectivity index (χ2v) is 6.23. The van der Waals surface area contributed by atoms with E-state index in [-0.39, 0.29) is 23.6 Å². The number of nitrogens with two attached hydrogens (primary N) is 2. The third-order valence-electron chi connectivity index (χ3n) is 4.18. The first kappa shape index (κ1) is 18.0. The summed E-state index contributed by atoms with van der Waals surface area (Å²) in [5.41, 5.74) is 14.6.